The Morgan fingerprint density at radius 2 is 2.04 bits per heavy atom. The number of rotatable bonds is 4. The average Bonchev–Trinajstić information content (AvgIpc) is 2.96. The van der Waals surface area contributed by atoms with Gasteiger partial charge in [-0.1, -0.05) is 0 Å². The number of hydrogen-bond donors (Lipinski definition) is 1. The van der Waals surface area contributed by atoms with Crippen LogP contribution in [0, 0.1) is 28.4 Å². The molecular formula is C16H14N4O4S. The maximum absolute atomic E-state index is 12.6. The van der Waals surface area contributed by atoms with Gasteiger partial charge in [0.2, 0.25) is 10.0 Å². The molecule has 1 N–H and O–H groups in total. The Morgan fingerprint density at radius 1 is 1.36 bits per heavy atom. The van der Waals surface area contributed by atoms with Crippen LogP contribution in [0.5, 0.6) is 0 Å². The summed E-state index contributed by atoms with van der Waals surface area (Å²) in [5.41, 5.74) is 2.29. The third kappa shape index (κ3) is 3.22. The Balaban J connectivity index is 1.92. The van der Waals surface area contributed by atoms with Crippen LogP contribution in [-0.2, 0) is 16.4 Å². The third-order valence-corrected chi connectivity index (χ3v) is 5.57. The zero-order valence-electron chi connectivity index (χ0n) is 13.3. The molecule has 1 aliphatic rings. The highest BCUT2D eigenvalue weighted by molar-refractivity contribution is 7.89. The predicted octanol–water partition coefficient (Wildman–Crippen LogP) is 2.14. The van der Waals surface area contributed by atoms with Gasteiger partial charge in [-0.15, -0.1) is 0 Å². The van der Waals surface area contributed by atoms with Gasteiger partial charge < -0.3 is 0 Å². The van der Waals surface area contributed by atoms with E-state index in [0.717, 1.165) is 17.7 Å². The fourth-order valence-electron chi connectivity index (χ4n) is 3.00. The molecule has 0 fully saturated rings. The molecule has 1 aliphatic carbocycles. The van der Waals surface area contributed by atoms with E-state index < -0.39 is 21.0 Å². The standard InChI is InChI=1S/C16H14N4O4S/c1-10-8-11-2-7-14(16(11)15(9-17)18-10)19-25(23,24)13-5-3-12(4-6-13)20(21)22/h3-6,8,14,19H,2,7H2,1H3. The van der Waals surface area contributed by atoms with Crippen LogP contribution in [0.25, 0.3) is 0 Å². The smallest absolute Gasteiger partial charge is 0.258 e. The Labute approximate surface area is 144 Å². The topological polar surface area (TPSA) is 126 Å². The van der Waals surface area contributed by atoms with E-state index in [-0.39, 0.29) is 16.3 Å². The highest BCUT2D eigenvalue weighted by Gasteiger charge is 2.31. The molecule has 1 atom stereocenters. The monoisotopic (exact) mass is 358 g/mol. The summed E-state index contributed by atoms with van der Waals surface area (Å²) in [5, 5.41) is 20.0. The van der Waals surface area contributed by atoms with Gasteiger partial charge >= 0.3 is 0 Å². The Bertz CT molecular complexity index is 994. The van der Waals surface area contributed by atoms with Crippen LogP contribution in [0.15, 0.2) is 35.2 Å². The maximum Gasteiger partial charge on any atom is 0.269 e. The van der Waals surface area contributed by atoms with Crippen molar-refractivity contribution in [2.45, 2.75) is 30.7 Å². The van der Waals surface area contributed by atoms with Crippen molar-refractivity contribution in [3.8, 4) is 6.07 Å². The minimum atomic E-state index is -3.87. The number of nitrogens with zero attached hydrogens (tertiary/aromatic N) is 3. The van der Waals surface area contributed by atoms with E-state index in [0.29, 0.717) is 24.1 Å². The van der Waals surface area contributed by atoms with E-state index >= 15 is 0 Å². The molecule has 0 saturated carbocycles. The fourth-order valence-corrected chi connectivity index (χ4v) is 4.24. The number of hydrogen-bond acceptors (Lipinski definition) is 6. The molecule has 0 saturated heterocycles. The van der Waals surface area contributed by atoms with Gasteiger partial charge in [0.1, 0.15) is 11.8 Å². The van der Waals surface area contributed by atoms with Gasteiger partial charge in [0, 0.05) is 23.4 Å². The molecule has 128 valence electrons. The van der Waals surface area contributed by atoms with Crippen LogP contribution in [0.4, 0.5) is 5.69 Å². The highest BCUT2D eigenvalue weighted by Crippen LogP contribution is 2.34. The first-order chi connectivity index (χ1) is 11.8. The van der Waals surface area contributed by atoms with Crippen molar-refractivity contribution in [2.24, 2.45) is 0 Å². The minimum absolute atomic E-state index is 0.0647. The van der Waals surface area contributed by atoms with Gasteiger partial charge in [0.15, 0.2) is 0 Å². The fraction of sp³-hybridized carbons (Fsp3) is 0.250. The molecule has 1 unspecified atom stereocenters. The Morgan fingerprint density at radius 3 is 2.64 bits per heavy atom. The molecule has 2 aromatic rings. The van der Waals surface area contributed by atoms with E-state index in [4.69, 9.17) is 0 Å². The molecule has 1 aromatic carbocycles. The first-order valence-corrected chi connectivity index (χ1v) is 8.97. The van der Waals surface area contributed by atoms with Crippen molar-refractivity contribution >= 4 is 15.7 Å². The van der Waals surface area contributed by atoms with Gasteiger partial charge in [0.05, 0.1) is 15.9 Å². The summed E-state index contributed by atoms with van der Waals surface area (Å²) in [6.45, 7) is 1.79. The first kappa shape index (κ1) is 17.0. The second-order valence-corrected chi connectivity index (χ2v) is 7.47. The molecular weight excluding hydrogens is 344 g/mol. The molecule has 0 bridgehead atoms. The van der Waals surface area contributed by atoms with Crippen LogP contribution in [0.1, 0.15) is 35.0 Å². The SMILES string of the molecule is Cc1cc2c(c(C#N)n1)C(NS(=O)(=O)c1ccc([N+](=O)[O-])cc1)CC2. The number of aromatic nitrogens is 1. The lowest BCUT2D eigenvalue weighted by Crippen LogP contribution is -2.28. The second kappa shape index (κ2) is 6.23. The number of nitrogens with one attached hydrogen (secondary N) is 1. The number of non-ortho nitro benzene ring substituents is 1. The summed E-state index contributed by atoms with van der Waals surface area (Å²) in [6, 6.07) is 8.00. The van der Waals surface area contributed by atoms with Gasteiger partial charge in [-0.2, -0.15) is 5.26 Å². The summed E-state index contributed by atoms with van der Waals surface area (Å²) >= 11 is 0. The van der Waals surface area contributed by atoms with Crippen molar-refractivity contribution in [3.63, 3.8) is 0 Å². The summed E-state index contributed by atoms with van der Waals surface area (Å²) in [6.07, 6.45) is 1.18. The maximum atomic E-state index is 12.6. The summed E-state index contributed by atoms with van der Waals surface area (Å²) < 4.78 is 27.7. The van der Waals surface area contributed by atoms with Crippen molar-refractivity contribution in [1.29, 1.82) is 5.26 Å². The van der Waals surface area contributed by atoms with Crippen LogP contribution in [0.3, 0.4) is 0 Å². The molecule has 25 heavy (non-hydrogen) atoms. The number of benzene rings is 1. The van der Waals surface area contributed by atoms with Gasteiger partial charge in [-0.3, -0.25) is 10.1 Å². The quantitative estimate of drug-likeness (QED) is 0.659. The number of aryl methyl sites for hydroxylation is 2. The number of fused-ring (bicyclic) bond motifs is 1. The Kier molecular flexibility index (Phi) is 4.24. The molecule has 3 rings (SSSR count). The van der Waals surface area contributed by atoms with E-state index in [1.54, 1.807) is 6.92 Å². The lowest BCUT2D eigenvalue weighted by Gasteiger charge is -2.15. The van der Waals surface area contributed by atoms with Crippen molar-refractivity contribution in [3.05, 3.63) is 63.0 Å². The van der Waals surface area contributed by atoms with E-state index in [1.165, 1.54) is 12.1 Å². The molecule has 1 aromatic heterocycles. The molecule has 0 aliphatic heterocycles. The van der Waals surface area contributed by atoms with Crippen LogP contribution in [-0.4, -0.2) is 18.3 Å². The third-order valence-electron chi connectivity index (χ3n) is 4.08. The summed E-state index contributed by atoms with van der Waals surface area (Å²) in [4.78, 5) is 14.2. The molecule has 8 nitrogen and oxygen atoms in total. The van der Waals surface area contributed by atoms with Crippen molar-refractivity contribution in [1.82, 2.24) is 9.71 Å². The Hall–Kier alpha value is -2.83. The number of pyridine rings is 1. The van der Waals surface area contributed by atoms with E-state index in [2.05, 4.69) is 9.71 Å². The number of nitro benzene ring substituents is 1. The predicted molar refractivity (Wildman–Crippen MR) is 88.2 cm³/mol. The molecule has 0 radical (unpaired) electrons. The second-order valence-electron chi connectivity index (χ2n) is 5.76. The zero-order chi connectivity index (χ0) is 18.2. The highest BCUT2D eigenvalue weighted by atomic mass is 32.2. The van der Waals surface area contributed by atoms with Crippen LogP contribution < -0.4 is 4.72 Å². The first-order valence-electron chi connectivity index (χ1n) is 7.49. The average molecular weight is 358 g/mol. The minimum Gasteiger partial charge on any atom is -0.258 e. The molecule has 0 amide bonds. The number of nitriles is 1. The van der Waals surface area contributed by atoms with Crippen molar-refractivity contribution < 1.29 is 13.3 Å². The largest absolute Gasteiger partial charge is 0.269 e. The van der Waals surface area contributed by atoms with Gasteiger partial charge in [-0.25, -0.2) is 18.1 Å². The lowest BCUT2D eigenvalue weighted by molar-refractivity contribution is -0.384. The van der Waals surface area contributed by atoms with Crippen LogP contribution in [0.2, 0.25) is 0 Å². The number of sulfonamides is 1. The lowest BCUT2D eigenvalue weighted by atomic mass is 10.1. The van der Waals surface area contributed by atoms with E-state index in [1.807, 2.05) is 12.1 Å². The number of nitro groups is 1. The van der Waals surface area contributed by atoms with Crippen LogP contribution >= 0.6 is 0 Å². The molecule has 0 spiro atoms. The molecule has 9 heteroatoms. The van der Waals surface area contributed by atoms with Gasteiger partial charge in [0.25, 0.3) is 5.69 Å². The van der Waals surface area contributed by atoms with E-state index in [9.17, 15) is 23.8 Å². The summed E-state index contributed by atoms with van der Waals surface area (Å²) in [7, 11) is -3.87. The molecule has 1 heterocycles. The van der Waals surface area contributed by atoms with Gasteiger partial charge in [-0.05, 0) is 43.5 Å². The normalized spacial score (nSPS) is 16.2. The summed E-state index contributed by atoms with van der Waals surface area (Å²) in [5.74, 6) is 0. The zero-order valence-corrected chi connectivity index (χ0v) is 14.1. The van der Waals surface area contributed by atoms with Crippen molar-refractivity contribution in [2.75, 3.05) is 0 Å².